The first-order valence-corrected chi connectivity index (χ1v) is 7.49. The van der Waals surface area contributed by atoms with Crippen molar-refractivity contribution >= 4 is 5.91 Å². The van der Waals surface area contributed by atoms with Crippen LogP contribution in [-0.4, -0.2) is 57.9 Å². The highest BCUT2D eigenvalue weighted by Gasteiger charge is 2.19. The molecule has 0 heterocycles. The number of allylic oxidation sites excluding steroid dienone is 2. The Labute approximate surface area is 133 Å². The SMILES string of the molecule is COCCOCC1=C(OC)C=CCC(C(=O)N(C)C(C)C)=C1. The minimum atomic E-state index is 0.0337. The topological polar surface area (TPSA) is 48.0 Å². The molecule has 0 N–H and O–H groups in total. The van der Waals surface area contributed by atoms with Crippen LogP contribution >= 0.6 is 0 Å². The zero-order valence-corrected chi connectivity index (χ0v) is 14.2. The molecule has 0 unspecified atom stereocenters. The van der Waals surface area contributed by atoms with Gasteiger partial charge in [0, 0.05) is 31.3 Å². The minimum Gasteiger partial charge on any atom is -0.496 e. The van der Waals surface area contributed by atoms with E-state index in [2.05, 4.69) is 0 Å². The minimum absolute atomic E-state index is 0.0337. The van der Waals surface area contributed by atoms with Crippen molar-refractivity contribution in [2.24, 2.45) is 0 Å². The molecule has 22 heavy (non-hydrogen) atoms. The Balaban J connectivity index is 2.91. The summed E-state index contributed by atoms with van der Waals surface area (Å²) in [4.78, 5) is 14.2. The van der Waals surface area contributed by atoms with Crippen molar-refractivity contribution in [3.8, 4) is 0 Å². The Morgan fingerprint density at radius 2 is 2.05 bits per heavy atom. The van der Waals surface area contributed by atoms with E-state index in [-0.39, 0.29) is 11.9 Å². The Hall–Kier alpha value is -1.59. The molecule has 5 heteroatoms. The first-order valence-electron chi connectivity index (χ1n) is 7.49. The van der Waals surface area contributed by atoms with Gasteiger partial charge in [-0.25, -0.2) is 0 Å². The summed E-state index contributed by atoms with van der Waals surface area (Å²) in [6, 6.07) is 0.160. The molecule has 1 aliphatic carbocycles. The average molecular weight is 309 g/mol. The smallest absolute Gasteiger partial charge is 0.250 e. The van der Waals surface area contributed by atoms with Gasteiger partial charge in [0.15, 0.2) is 0 Å². The first kappa shape index (κ1) is 18.5. The third-order valence-electron chi connectivity index (χ3n) is 3.55. The van der Waals surface area contributed by atoms with Gasteiger partial charge in [-0.1, -0.05) is 6.08 Å². The fourth-order valence-corrected chi connectivity index (χ4v) is 1.99. The number of amides is 1. The number of hydrogen-bond donors (Lipinski definition) is 0. The van der Waals surface area contributed by atoms with Crippen molar-refractivity contribution in [1.29, 1.82) is 0 Å². The first-order chi connectivity index (χ1) is 10.5. The van der Waals surface area contributed by atoms with Crippen LogP contribution in [0.25, 0.3) is 0 Å². The molecule has 0 saturated carbocycles. The van der Waals surface area contributed by atoms with Gasteiger partial charge in [-0.3, -0.25) is 4.79 Å². The number of carbonyl (C=O) groups excluding carboxylic acids is 1. The molecule has 0 aliphatic heterocycles. The van der Waals surface area contributed by atoms with Crippen LogP contribution in [0.5, 0.6) is 0 Å². The van der Waals surface area contributed by atoms with Crippen molar-refractivity contribution in [3.63, 3.8) is 0 Å². The van der Waals surface area contributed by atoms with Gasteiger partial charge >= 0.3 is 0 Å². The molecule has 0 aromatic heterocycles. The van der Waals surface area contributed by atoms with Crippen molar-refractivity contribution in [2.45, 2.75) is 26.3 Å². The molecule has 0 aromatic carbocycles. The Kier molecular flexibility index (Phi) is 7.91. The van der Waals surface area contributed by atoms with Crippen molar-refractivity contribution in [1.82, 2.24) is 4.90 Å². The summed E-state index contributed by atoms with van der Waals surface area (Å²) in [7, 11) is 5.07. The second kappa shape index (κ2) is 9.43. The van der Waals surface area contributed by atoms with Crippen molar-refractivity contribution < 1.29 is 19.0 Å². The van der Waals surface area contributed by atoms with Gasteiger partial charge in [-0.2, -0.15) is 0 Å². The predicted molar refractivity (Wildman–Crippen MR) is 86.5 cm³/mol. The summed E-state index contributed by atoms with van der Waals surface area (Å²) in [6.45, 7) is 5.42. The number of rotatable bonds is 8. The van der Waals surface area contributed by atoms with Gasteiger partial charge in [0.1, 0.15) is 5.76 Å². The monoisotopic (exact) mass is 309 g/mol. The summed E-state index contributed by atoms with van der Waals surface area (Å²) >= 11 is 0. The second-order valence-electron chi connectivity index (χ2n) is 5.42. The third kappa shape index (κ3) is 5.31. The number of ether oxygens (including phenoxy) is 3. The molecule has 1 aliphatic rings. The van der Waals surface area contributed by atoms with Crippen LogP contribution in [0, 0.1) is 0 Å². The van der Waals surface area contributed by atoms with Crippen LogP contribution in [0.1, 0.15) is 20.3 Å². The second-order valence-corrected chi connectivity index (χ2v) is 5.42. The fraction of sp³-hybridized carbons (Fsp3) is 0.588. The van der Waals surface area contributed by atoms with E-state index >= 15 is 0 Å². The standard InChI is InChI=1S/C17H27NO4/c1-13(2)18(3)17(19)14-7-6-8-16(21-5)15(11-14)12-22-10-9-20-4/h6,8,11,13H,7,9-10,12H2,1-5H3. The van der Waals surface area contributed by atoms with E-state index in [0.29, 0.717) is 26.2 Å². The molecular weight excluding hydrogens is 282 g/mol. The van der Waals surface area contributed by atoms with E-state index in [1.54, 1.807) is 19.1 Å². The normalized spacial score (nSPS) is 14.9. The largest absolute Gasteiger partial charge is 0.496 e. The summed E-state index contributed by atoms with van der Waals surface area (Å²) in [5.74, 6) is 0.763. The number of nitrogens with zero attached hydrogens (tertiary/aromatic N) is 1. The van der Waals surface area contributed by atoms with Crippen LogP contribution in [-0.2, 0) is 19.0 Å². The summed E-state index contributed by atoms with van der Waals surface area (Å²) in [5.41, 5.74) is 1.61. The molecule has 5 nitrogen and oxygen atoms in total. The van der Waals surface area contributed by atoms with E-state index < -0.39 is 0 Å². The summed E-state index contributed by atoms with van der Waals surface area (Å²) in [5, 5.41) is 0. The number of carbonyl (C=O) groups is 1. The maximum absolute atomic E-state index is 12.5. The zero-order chi connectivity index (χ0) is 16.5. The highest BCUT2D eigenvalue weighted by molar-refractivity contribution is 5.94. The lowest BCUT2D eigenvalue weighted by Gasteiger charge is -2.22. The Morgan fingerprint density at radius 3 is 2.64 bits per heavy atom. The van der Waals surface area contributed by atoms with Crippen molar-refractivity contribution in [2.75, 3.05) is 41.1 Å². The highest BCUT2D eigenvalue weighted by Crippen LogP contribution is 2.20. The van der Waals surface area contributed by atoms with Crippen LogP contribution in [0.2, 0.25) is 0 Å². The van der Waals surface area contributed by atoms with Crippen LogP contribution in [0.3, 0.4) is 0 Å². The quantitative estimate of drug-likeness (QED) is 0.646. The molecule has 0 saturated heterocycles. The van der Waals surface area contributed by atoms with Crippen LogP contribution in [0.4, 0.5) is 0 Å². The maximum Gasteiger partial charge on any atom is 0.250 e. The van der Waals surface area contributed by atoms with Crippen molar-refractivity contribution in [3.05, 3.63) is 35.1 Å². The maximum atomic E-state index is 12.5. The number of hydrogen-bond acceptors (Lipinski definition) is 4. The van der Waals surface area contributed by atoms with E-state index in [1.807, 2.05) is 39.1 Å². The van der Waals surface area contributed by atoms with Gasteiger partial charge in [0.25, 0.3) is 0 Å². The molecule has 1 amide bonds. The van der Waals surface area contributed by atoms with E-state index in [0.717, 1.165) is 16.9 Å². The molecule has 0 radical (unpaired) electrons. The Morgan fingerprint density at radius 1 is 1.32 bits per heavy atom. The van der Waals surface area contributed by atoms with Gasteiger partial charge in [0.05, 0.1) is 26.9 Å². The molecule has 0 fully saturated rings. The molecule has 124 valence electrons. The Bertz CT molecular complexity index is 463. The van der Waals surface area contributed by atoms with Gasteiger partial charge in [-0.15, -0.1) is 0 Å². The van der Waals surface area contributed by atoms with Gasteiger partial charge in [0.2, 0.25) is 5.91 Å². The summed E-state index contributed by atoms with van der Waals surface area (Å²) < 4.78 is 15.9. The lowest BCUT2D eigenvalue weighted by atomic mass is 10.1. The van der Waals surface area contributed by atoms with E-state index in [4.69, 9.17) is 14.2 Å². The van der Waals surface area contributed by atoms with Crippen LogP contribution in [0.15, 0.2) is 35.1 Å². The lowest BCUT2D eigenvalue weighted by molar-refractivity contribution is -0.127. The molecule has 0 bridgehead atoms. The molecule has 0 aromatic rings. The number of methoxy groups -OCH3 is 2. The number of likely N-dealkylation sites (N-methyl/N-ethyl adjacent to an activating group) is 1. The van der Waals surface area contributed by atoms with E-state index in [1.165, 1.54) is 0 Å². The zero-order valence-electron chi connectivity index (χ0n) is 14.2. The lowest BCUT2D eigenvalue weighted by Crippen LogP contribution is -2.34. The van der Waals surface area contributed by atoms with Gasteiger partial charge in [-0.05, 0) is 32.4 Å². The molecule has 0 atom stereocenters. The molecule has 1 rings (SSSR count). The average Bonchev–Trinajstić information content (AvgIpc) is 2.72. The summed E-state index contributed by atoms with van der Waals surface area (Å²) in [6.07, 6.45) is 6.30. The predicted octanol–water partition coefficient (Wildman–Crippen LogP) is 2.30. The van der Waals surface area contributed by atoms with E-state index in [9.17, 15) is 4.79 Å². The molecule has 0 spiro atoms. The van der Waals surface area contributed by atoms with Crippen LogP contribution < -0.4 is 0 Å². The highest BCUT2D eigenvalue weighted by atomic mass is 16.5. The van der Waals surface area contributed by atoms with Gasteiger partial charge < -0.3 is 19.1 Å². The fourth-order valence-electron chi connectivity index (χ4n) is 1.99. The third-order valence-corrected chi connectivity index (χ3v) is 3.55. The molecular formula is C17H27NO4.